The number of aromatic nitrogens is 1. The SMILES string of the molecule is CC(C)CN(C1CCN(C(=O)C/C=C/c2cc(F)c(F)c(F)c2)CC1)N1CCC(c2c[nH]c3ccccc23)CC1. The van der Waals surface area contributed by atoms with E-state index in [0.29, 0.717) is 31.0 Å². The number of hydrogen-bond acceptors (Lipinski definition) is 3. The Kier molecular flexibility index (Phi) is 8.96. The molecular weight excluding hydrogens is 513 g/mol. The number of para-hydroxylation sites is 1. The normalized spacial score (nSPS) is 18.1. The number of nitrogens with one attached hydrogen (secondary N) is 1. The summed E-state index contributed by atoms with van der Waals surface area (Å²) in [7, 11) is 0. The van der Waals surface area contributed by atoms with Crippen molar-refractivity contribution in [3.05, 3.63) is 77.2 Å². The summed E-state index contributed by atoms with van der Waals surface area (Å²) in [5.41, 5.74) is 2.83. The third kappa shape index (κ3) is 6.44. The number of piperidine rings is 2. The first-order valence-corrected chi connectivity index (χ1v) is 14.5. The Labute approximate surface area is 234 Å². The van der Waals surface area contributed by atoms with Gasteiger partial charge in [-0.3, -0.25) is 4.79 Å². The molecule has 0 unspecified atom stereocenters. The van der Waals surface area contributed by atoms with Crippen molar-refractivity contribution < 1.29 is 18.0 Å². The summed E-state index contributed by atoms with van der Waals surface area (Å²) in [6.07, 6.45) is 9.46. The maximum Gasteiger partial charge on any atom is 0.226 e. The van der Waals surface area contributed by atoms with Gasteiger partial charge in [-0.15, -0.1) is 0 Å². The summed E-state index contributed by atoms with van der Waals surface area (Å²) in [4.78, 5) is 18.1. The van der Waals surface area contributed by atoms with E-state index in [4.69, 9.17) is 0 Å². The number of likely N-dealkylation sites (tertiary alicyclic amines) is 1. The molecule has 1 amide bonds. The molecule has 2 fully saturated rings. The minimum atomic E-state index is -1.48. The molecule has 0 saturated carbocycles. The smallest absolute Gasteiger partial charge is 0.226 e. The Hall–Kier alpha value is -3.10. The zero-order valence-electron chi connectivity index (χ0n) is 23.4. The van der Waals surface area contributed by atoms with Gasteiger partial charge in [0, 0.05) is 62.3 Å². The van der Waals surface area contributed by atoms with Crippen LogP contribution >= 0.6 is 0 Å². The lowest BCUT2D eigenvalue weighted by atomic mass is 9.89. The number of aromatic amines is 1. The predicted octanol–water partition coefficient (Wildman–Crippen LogP) is 6.73. The van der Waals surface area contributed by atoms with Gasteiger partial charge in [0.2, 0.25) is 5.91 Å². The molecule has 0 aliphatic carbocycles. The molecule has 3 heterocycles. The molecule has 5 nitrogen and oxygen atoms in total. The van der Waals surface area contributed by atoms with E-state index in [2.05, 4.69) is 59.3 Å². The largest absolute Gasteiger partial charge is 0.361 e. The second-order valence-corrected chi connectivity index (χ2v) is 11.6. The van der Waals surface area contributed by atoms with Crippen LogP contribution in [0.15, 0.2) is 48.7 Å². The number of amides is 1. The minimum Gasteiger partial charge on any atom is -0.361 e. The molecule has 214 valence electrons. The molecule has 1 aromatic heterocycles. The van der Waals surface area contributed by atoms with Gasteiger partial charge in [-0.05, 0) is 66.8 Å². The summed E-state index contributed by atoms with van der Waals surface area (Å²) >= 11 is 0. The van der Waals surface area contributed by atoms with Crippen LogP contribution < -0.4 is 0 Å². The van der Waals surface area contributed by atoms with E-state index >= 15 is 0 Å². The number of H-pyrrole nitrogens is 1. The van der Waals surface area contributed by atoms with Crippen molar-refractivity contribution in [3.8, 4) is 0 Å². The van der Waals surface area contributed by atoms with E-state index in [-0.39, 0.29) is 17.9 Å². The second kappa shape index (κ2) is 12.6. The van der Waals surface area contributed by atoms with Crippen LogP contribution in [0.5, 0.6) is 0 Å². The third-order valence-corrected chi connectivity index (χ3v) is 8.30. The third-order valence-electron chi connectivity index (χ3n) is 8.30. The van der Waals surface area contributed by atoms with Crippen molar-refractivity contribution in [1.82, 2.24) is 19.9 Å². The highest BCUT2D eigenvalue weighted by molar-refractivity contribution is 5.83. The molecule has 0 radical (unpaired) electrons. The Morgan fingerprint density at radius 3 is 2.38 bits per heavy atom. The monoisotopic (exact) mass is 552 g/mol. The van der Waals surface area contributed by atoms with Gasteiger partial charge < -0.3 is 9.88 Å². The standard InChI is InChI=1S/C32H39F3N4O/c1-22(2)21-39(38-16-10-24(11-17-38)27-20-36-30-8-4-3-7-26(27)30)25-12-14-37(15-13-25)31(40)9-5-6-23-18-28(33)32(35)29(34)19-23/h3-8,18-20,22,24-25,36H,9-17,21H2,1-2H3/b6-5+. The van der Waals surface area contributed by atoms with Gasteiger partial charge in [-0.25, -0.2) is 23.2 Å². The van der Waals surface area contributed by atoms with Crippen molar-refractivity contribution in [2.75, 3.05) is 32.7 Å². The Morgan fingerprint density at radius 2 is 1.70 bits per heavy atom. The van der Waals surface area contributed by atoms with Gasteiger partial charge in [-0.1, -0.05) is 44.2 Å². The Bertz CT molecular complexity index is 1310. The molecule has 2 aliphatic rings. The first kappa shape index (κ1) is 28.4. The first-order chi connectivity index (χ1) is 19.3. The lowest BCUT2D eigenvalue weighted by Crippen LogP contribution is -2.56. The summed E-state index contributed by atoms with van der Waals surface area (Å²) in [6, 6.07) is 10.8. The van der Waals surface area contributed by atoms with Crippen LogP contribution in [-0.4, -0.2) is 64.6 Å². The molecule has 1 N–H and O–H groups in total. The first-order valence-electron chi connectivity index (χ1n) is 14.5. The van der Waals surface area contributed by atoms with Crippen molar-refractivity contribution in [2.45, 2.75) is 57.9 Å². The molecule has 5 rings (SSSR count). The molecular formula is C32H39F3N4O. The van der Waals surface area contributed by atoms with Crippen molar-refractivity contribution in [1.29, 1.82) is 0 Å². The average molecular weight is 553 g/mol. The molecule has 2 aliphatic heterocycles. The quantitative estimate of drug-likeness (QED) is 0.315. The van der Waals surface area contributed by atoms with E-state index < -0.39 is 17.5 Å². The van der Waals surface area contributed by atoms with Crippen molar-refractivity contribution in [3.63, 3.8) is 0 Å². The van der Waals surface area contributed by atoms with Crippen molar-refractivity contribution >= 4 is 22.9 Å². The maximum atomic E-state index is 13.4. The fourth-order valence-electron chi connectivity index (χ4n) is 6.24. The number of benzene rings is 2. The van der Waals surface area contributed by atoms with E-state index in [1.54, 1.807) is 6.08 Å². The molecule has 2 aromatic carbocycles. The fourth-order valence-corrected chi connectivity index (χ4v) is 6.24. The number of fused-ring (bicyclic) bond motifs is 1. The summed E-state index contributed by atoms with van der Waals surface area (Å²) in [5.74, 6) is -2.86. The molecule has 2 saturated heterocycles. The summed E-state index contributed by atoms with van der Waals surface area (Å²) in [6.45, 7) is 8.97. The van der Waals surface area contributed by atoms with Crippen LogP contribution in [-0.2, 0) is 4.79 Å². The zero-order chi connectivity index (χ0) is 28.2. The van der Waals surface area contributed by atoms with E-state index in [0.717, 1.165) is 57.5 Å². The zero-order valence-corrected chi connectivity index (χ0v) is 23.4. The summed E-state index contributed by atoms with van der Waals surface area (Å²) < 4.78 is 40.0. The Balaban J connectivity index is 1.14. The van der Waals surface area contributed by atoms with Crippen LogP contribution in [0.2, 0.25) is 0 Å². The highest BCUT2D eigenvalue weighted by Gasteiger charge is 2.33. The van der Waals surface area contributed by atoms with Gasteiger partial charge >= 0.3 is 0 Å². The number of hydrogen-bond donors (Lipinski definition) is 1. The number of carbonyl (C=O) groups excluding carboxylic acids is 1. The molecule has 3 aromatic rings. The van der Waals surface area contributed by atoms with Gasteiger partial charge in [0.25, 0.3) is 0 Å². The highest BCUT2D eigenvalue weighted by Crippen LogP contribution is 2.34. The second-order valence-electron chi connectivity index (χ2n) is 11.6. The van der Waals surface area contributed by atoms with Gasteiger partial charge in [0.05, 0.1) is 0 Å². The number of hydrazine groups is 1. The van der Waals surface area contributed by atoms with E-state index in [1.165, 1.54) is 22.5 Å². The van der Waals surface area contributed by atoms with Crippen LogP contribution in [0.3, 0.4) is 0 Å². The van der Waals surface area contributed by atoms with E-state index in [1.807, 2.05) is 4.90 Å². The van der Waals surface area contributed by atoms with Crippen LogP contribution in [0.4, 0.5) is 13.2 Å². The number of carbonyl (C=O) groups is 1. The lowest BCUT2D eigenvalue weighted by molar-refractivity contribution is -0.135. The van der Waals surface area contributed by atoms with Gasteiger partial charge in [0.1, 0.15) is 0 Å². The Morgan fingerprint density at radius 1 is 1.02 bits per heavy atom. The maximum absolute atomic E-state index is 13.4. The minimum absolute atomic E-state index is 0.00675. The lowest BCUT2D eigenvalue weighted by Gasteiger charge is -2.47. The van der Waals surface area contributed by atoms with Crippen LogP contribution in [0, 0.1) is 23.4 Å². The molecule has 0 atom stereocenters. The number of halogens is 3. The molecule has 0 bridgehead atoms. The average Bonchev–Trinajstić information content (AvgIpc) is 3.39. The van der Waals surface area contributed by atoms with E-state index in [9.17, 15) is 18.0 Å². The van der Waals surface area contributed by atoms with Crippen molar-refractivity contribution in [2.24, 2.45) is 5.92 Å². The molecule has 0 spiro atoms. The fraction of sp³-hybridized carbons (Fsp3) is 0.469. The topological polar surface area (TPSA) is 42.6 Å². The van der Waals surface area contributed by atoms with Crippen LogP contribution in [0.1, 0.15) is 63.0 Å². The van der Waals surface area contributed by atoms with Gasteiger partial charge in [-0.2, -0.15) is 0 Å². The number of rotatable bonds is 8. The molecule has 8 heteroatoms. The predicted molar refractivity (Wildman–Crippen MR) is 153 cm³/mol. The number of nitrogens with zero attached hydrogens (tertiary/aromatic N) is 3. The summed E-state index contributed by atoms with van der Waals surface area (Å²) in [5, 5.41) is 6.47. The van der Waals surface area contributed by atoms with Crippen LogP contribution in [0.25, 0.3) is 17.0 Å². The highest BCUT2D eigenvalue weighted by atomic mass is 19.2. The van der Waals surface area contributed by atoms with Gasteiger partial charge in [0.15, 0.2) is 17.5 Å². The molecule has 40 heavy (non-hydrogen) atoms.